The second kappa shape index (κ2) is 6.55. The largest absolute Gasteiger partial charge is 0.345 e. The number of rotatable bonds is 1. The lowest BCUT2D eigenvalue weighted by atomic mass is 10.6. The minimum absolute atomic E-state index is 0.819. The Kier molecular flexibility index (Phi) is 6.18. The first-order valence-corrected chi connectivity index (χ1v) is 4.15. The third-order valence-electron chi connectivity index (χ3n) is 0.713. The lowest BCUT2D eigenvalue weighted by molar-refractivity contribution is 1.27. The van der Waals surface area contributed by atoms with E-state index in [-0.39, 0.29) is 0 Å². The van der Waals surface area contributed by atoms with E-state index in [1.54, 1.807) is 18.5 Å². The second-order valence-corrected chi connectivity index (χ2v) is 2.57. The average molecular weight is 203 g/mol. The van der Waals surface area contributed by atoms with E-state index in [9.17, 15) is 0 Å². The van der Waals surface area contributed by atoms with E-state index in [2.05, 4.69) is 32.5 Å². The zero-order chi connectivity index (χ0) is 7.82. The summed E-state index contributed by atoms with van der Waals surface area (Å²) in [6.45, 7) is 5.55. The van der Waals surface area contributed by atoms with Gasteiger partial charge >= 0.3 is 0 Å². The molecule has 0 amide bonds. The van der Waals surface area contributed by atoms with E-state index in [0.29, 0.717) is 0 Å². The fraction of sp³-hybridized carbons (Fsp3) is 0.286. The average Bonchev–Trinajstić information content (AvgIpc) is 2.39. The number of halogens is 1. The van der Waals surface area contributed by atoms with Gasteiger partial charge in [-0.3, -0.25) is 0 Å². The van der Waals surface area contributed by atoms with Crippen LogP contribution in [0.3, 0.4) is 0 Å². The summed E-state index contributed by atoms with van der Waals surface area (Å²) in [5.41, 5.74) is 0. The van der Waals surface area contributed by atoms with Gasteiger partial charge < -0.3 is 4.98 Å². The molecule has 0 aliphatic carbocycles. The topological polar surface area (TPSA) is 28.7 Å². The number of aromatic amines is 1. The van der Waals surface area contributed by atoms with Crippen LogP contribution in [0.2, 0.25) is 0 Å². The van der Waals surface area contributed by atoms with Gasteiger partial charge in [0.1, 0.15) is 5.82 Å². The van der Waals surface area contributed by atoms with Gasteiger partial charge in [-0.15, -0.1) is 0 Å². The third kappa shape index (κ3) is 4.32. The highest BCUT2D eigenvalue weighted by molar-refractivity contribution is 9.09. The summed E-state index contributed by atoms with van der Waals surface area (Å²) in [7, 11) is 0. The Hall–Kier alpha value is -0.570. The fourth-order valence-corrected chi connectivity index (χ4v) is 0.389. The Morgan fingerprint density at radius 2 is 2.50 bits per heavy atom. The van der Waals surface area contributed by atoms with Crippen LogP contribution in [0.1, 0.15) is 12.7 Å². The monoisotopic (exact) mass is 202 g/mol. The van der Waals surface area contributed by atoms with Crippen LogP contribution in [0, 0.1) is 0 Å². The highest BCUT2D eigenvalue weighted by Gasteiger charge is 1.78. The molecule has 0 aliphatic heterocycles. The Bertz CT molecular complexity index is 158. The molecule has 0 unspecified atom stereocenters. The molecule has 0 spiro atoms. The van der Waals surface area contributed by atoms with E-state index >= 15 is 0 Å². The molecule has 0 aliphatic rings. The normalized spacial score (nSPS) is 7.80. The summed E-state index contributed by atoms with van der Waals surface area (Å²) in [6.07, 6.45) is 5.12. The summed E-state index contributed by atoms with van der Waals surface area (Å²) in [5.74, 6) is 0.819. The molecular weight excluding hydrogens is 192 g/mol. The molecule has 1 aromatic rings. The van der Waals surface area contributed by atoms with Gasteiger partial charge in [0, 0.05) is 17.7 Å². The molecule has 1 rings (SSSR count). The maximum absolute atomic E-state index is 3.86. The number of aromatic nitrogens is 2. The lowest BCUT2D eigenvalue weighted by Crippen LogP contribution is -1.67. The van der Waals surface area contributed by atoms with Crippen LogP contribution in [0.4, 0.5) is 0 Å². The zero-order valence-corrected chi connectivity index (χ0v) is 7.56. The standard InChI is InChI=1S/C5H6N2.C2H5Br/c1-2-5-6-3-4-7-5;1-2-3/h2-4H,1H2,(H,6,7);2H2,1H3. The number of H-pyrrole nitrogens is 1. The molecule has 1 heterocycles. The Morgan fingerprint density at radius 3 is 2.70 bits per heavy atom. The van der Waals surface area contributed by atoms with E-state index in [0.717, 1.165) is 11.2 Å². The summed E-state index contributed by atoms with van der Waals surface area (Å²) in [5, 5.41) is 1.06. The molecule has 10 heavy (non-hydrogen) atoms. The number of nitrogens with zero attached hydrogens (tertiary/aromatic N) is 1. The van der Waals surface area contributed by atoms with Crippen molar-refractivity contribution in [3.8, 4) is 0 Å². The lowest BCUT2D eigenvalue weighted by Gasteiger charge is -1.73. The molecule has 0 saturated heterocycles. The zero-order valence-electron chi connectivity index (χ0n) is 5.97. The summed E-state index contributed by atoms with van der Waals surface area (Å²) in [4.78, 5) is 6.72. The molecule has 0 atom stereocenters. The van der Waals surface area contributed by atoms with Crippen molar-refractivity contribution in [2.24, 2.45) is 0 Å². The van der Waals surface area contributed by atoms with Crippen molar-refractivity contribution in [1.29, 1.82) is 0 Å². The molecule has 0 fully saturated rings. The summed E-state index contributed by atoms with van der Waals surface area (Å²) >= 11 is 3.15. The molecule has 0 aromatic carbocycles. The number of nitrogens with one attached hydrogen (secondary N) is 1. The molecule has 1 N–H and O–H groups in total. The van der Waals surface area contributed by atoms with Crippen molar-refractivity contribution >= 4 is 22.0 Å². The van der Waals surface area contributed by atoms with E-state index in [1.807, 2.05) is 6.92 Å². The Morgan fingerprint density at radius 1 is 1.90 bits per heavy atom. The molecular formula is C7H11BrN2. The Labute approximate surface area is 69.5 Å². The summed E-state index contributed by atoms with van der Waals surface area (Å²) in [6, 6.07) is 0. The van der Waals surface area contributed by atoms with Crippen molar-refractivity contribution in [2.45, 2.75) is 6.92 Å². The van der Waals surface area contributed by atoms with Crippen LogP contribution in [0.25, 0.3) is 6.08 Å². The summed E-state index contributed by atoms with van der Waals surface area (Å²) < 4.78 is 0. The van der Waals surface area contributed by atoms with Gasteiger partial charge in [-0.05, 0) is 6.08 Å². The van der Waals surface area contributed by atoms with Crippen molar-refractivity contribution in [3.05, 3.63) is 24.8 Å². The molecule has 3 heteroatoms. The van der Waals surface area contributed by atoms with Crippen LogP contribution in [-0.4, -0.2) is 15.3 Å². The first-order valence-electron chi connectivity index (χ1n) is 3.03. The fourth-order valence-electron chi connectivity index (χ4n) is 0.389. The van der Waals surface area contributed by atoms with Crippen LogP contribution >= 0.6 is 15.9 Å². The Balaban J connectivity index is 0.000000236. The van der Waals surface area contributed by atoms with Gasteiger partial charge in [0.05, 0.1) is 0 Å². The van der Waals surface area contributed by atoms with Crippen LogP contribution in [0.5, 0.6) is 0 Å². The molecule has 0 saturated carbocycles. The van der Waals surface area contributed by atoms with Crippen LogP contribution in [0.15, 0.2) is 19.0 Å². The first-order chi connectivity index (χ1) is 4.85. The highest BCUT2D eigenvalue weighted by Crippen LogP contribution is 1.85. The van der Waals surface area contributed by atoms with Gasteiger partial charge in [0.25, 0.3) is 0 Å². The second-order valence-electron chi connectivity index (χ2n) is 1.45. The molecule has 56 valence electrons. The van der Waals surface area contributed by atoms with Gasteiger partial charge in [-0.25, -0.2) is 4.98 Å². The van der Waals surface area contributed by atoms with E-state index in [1.165, 1.54) is 0 Å². The molecule has 2 nitrogen and oxygen atoms in total. The van der Waals surface area contributed by atoms with E-state index in [4.69, 9.17) is 0 Å². The molecule has 0 radical (unpaired) electrons. The third-order valence-corrected chi connectivity index (χ3v) is 0.713. The maximum atomic E-state index is 3.86. The van der Waals surface area contributed by atoms with Crippen LogP contribution in [-0.2, 0) is 0 Å². The predicted octanol–water partition coefficient (Wildman–Crippen LogP) is 2.45. The first kappa shape index (κ1) is 9.43. The highest BCUT2D eigenvalue weighted by atomic mass is 79.9. The van der Waals surface area contributed by atoms with E-state index < -0.39 is 0 Å². The van der Waals surface area contributed by atoms with Crippen molar-refractivity contribution < 1.29 is 0 Å². The molecule has 0 bridgehead atoms. The van der Waals surface area contributed by atoms with Crippen molar-refractivity contribution in [3.63, 3.8) is 0 Å². The predicted molar refractivity (Wildman–Crippen MR) is 48.1 cm³/mol. The minimum atomic E-state index is 0.819. The van der Waals surface area contributed by atoms with Gasteiger partial charge in [0.15, 0.2) is 0 Å². The smallest absolute Gasteiger partial charge is 0.129 e. The van der Waals surface area contributed by atoms with Gasteiger partial charge in [0.2, 0.25) is 0 Å². The van der Waals surface area contributed by atoms with Crippen molar-refractivity contribution in [2.75, 3.05) is 5.33 Å². The van der Waals surface area contributed by atoms with Gasteiger partial charge in [-0.1, -0.05) is 29.4 Å². The number of imidazole rings is 1. The molecule has 1 aromatic heterocycles. The SMILES string of the molecule is C=Cc1ncc[nH]1.CCBr. The van der Waals surface area contributed by atoms with Crippen molar-refractivity contribution in [1.82, 2.24) is 9.97 Å². The van der Waals surface area contributed by atoms with Crippen LogP contribution < -0.4 is 0 Å². The van der Waals surface area contributed by atoms with Gasteiger partial charge in [-0.2, -0.15) is 0 Å². The minimum Gasteiger partial charge on any atom is -0.345 e. The number of hydrogen-bond donors (Lipinski definition) is 1. The maximum Gasteiger partial charge on any atom is 0.129 e. The quantitative estimate of drug-likeness (QED) is 0.697. The number of hydrogen-bond acceptors (Lipinski definition) is 1. The number of alkyl halides is 1.